The minimum absolute atomic E-state index is 0.0941. The Kier molecular flexibility index (Phi) is 3.49. The van der Waals surface area contributed by atoms with Crippen molar-refractivity contribution in [3.63, 3.8) is 0 Å². The van der Waals surface area contributed by atoms with Gasteiger partial charge >= 0.3 is 0 Å². The summed E-state index contributed by atoms with van der Waals surface area (Å²) in [7, 11) is 0. The molecule has 122 valence electrons. The van der Waals surface area contributed by atoms with Crippen LogP contribution in [0.3, 0.4) is 0 Å². The smallest absolute Gasteiger partial charge is 0.186 e. The fourth-order valence-corrected chi connectivity index (χ4v) is 5.81. The monoisotopic (exact) mass is 310 g/mol. The zero-order chi connectivity index (χ0) is 16.2. The fourth-order valence-electron chi connectivity index (χ4n) is 5.81. The third-order valence-electron chi connectivity index (χ3n) is 7.16. The normalized spacial score (nSPS) is 38.3. The van der Waals surface area contributed by atoms with Crippen molar-refractivity contribution in [2.24, 2.45) is 17.3 Å². The quantitative estimate of drug-likeness (QED) is 0.854. The highest BCUT2D eigenvalue weighted by Crippen LogP contribution is 2.60. The van der Waals surface area contributed by atoms with Gasteiger partial charge in [0.25, 0.3) is 0 Å². The third kappa shape index (κ3) is 2.15. The second-order valence-corrected chi connectivity index (χ2v) is 8.04. The average Bonchev–Trinajstić information content (AvgIpc) is 2.74. The van der Waals surface area contributed by atoms with E-state index in [4.69, 9.17) is 0 Å². The van der Waals surface area contributed by atoms with E-state index in [9.17, 15) is 9.90 Å². The van der Waals surface area contributed by atoms with Crippen LogP contribution in [0.4, 0.5) is 0 Å². The molecule has 0 amide bonds. The Morgan fingerprint density at radius 2 is 2.09 bits per heavy atom. The van der Waals surface area contributed by atoms with E-state index in [-0.39, 0.29) is 16.9 Å². The molecule has 0 unspecified atom stereocenters. The van der Waals surface area contributed by atoms with Crippen molar-refractivity contribution in [2.75, 3.05) is 0 Å². The van der Waals surface area contributed by atoms with Crippen LogP contribution >= 0.6 is 0 Å². The second-order valence-electron chi connectivity index (χ2n) is 8.04. The molecule has 2 heteroatoms. The Bertz CT molecular complexity index is 707. The minimum atomic E-state index is -0.123. The maximum Gasteiger partial charge on any atom is 0.186 e. The Morgan fingerprint density at radius 3 is 2.87 bits per heavy atom. The average molecular weight is 310 g/mol. The van der Waals surface area contributed by atoms with Gasteiger partial charge in [0, 0.05) is 5.56 Å². The summed E-state index contributed by atoms with van der Waals surface area (Å²) >= 11 is 0. The third-order valence-corrected chi connectivity index (χ3v) is 7.16. The summed E-state index contributed by atoms with van der Waals surface area (Å²) < 4.78 is 0. The molecule has 23 heavy (non-hydrogen) atoms. The summed E-state index contributed by atoms with van der Waals surface area (Å²) in [5.41, 5.74) is 3.54. The molecule has 2 fully saturated rings. The number of aliphatic hydroxyl groups excluding tert-OH is 1. The molecule has 0 spiro atoms. The summed E-state index contributed by atoms with van der Waals surface area (Å²) in [6, 6.07) is 5.98. The standard InChI is InChI=1S/C21H26O2/c1-3-13-4-6-15-14(12-19(13)22)5-7-17-16(15)10-11-21(2)18(17)8-9-20(21)23/h3-4,6,12,16-18,20,23H,1,5,7-11H2,2H3/t16-,17-,18+,20+,21+/m1/s1. The topological polar surface area (TPSA) is 37.3 Å². The van der Waals surface area contributed by atoms with Gasteiger partial charge in [0.1, 0.15) is 0 Å². The van der Waals surface area contributed by atoms with Crippen molar-refractivity contribution >= 4 is 6.08 Å². The fraction of sp³-hybridized carbons (Fsp3) is 0.571. The first kappa shape index (κ1) is 15.1. The molecule has 4 rings (SSSR count). The lowest BCUT2D eigenvalue weighted by Gasteiger charge is -2.49. The van der Waals surface area contributed by atoms with E-state index in [1.165, 1.54) is 11.1 Å². The highest BCUT2D eigenvalue weighted by Gasteiger charge is 2.54. The van der Waals surface area contributed by atoms with E-state index in [1.54, 1.807) is 6.08 Å². The van der Waals surface area contributed by atoms with Gasteiger partial charge in [-0.1, -0.05) is 31.7 Å². The highest BCUT2D eigenvalue weighted by atomic mass is 16.3. The van der Waals surface area contributed by atoms with Gasteiger partial charge in [-0.25, -0.2) is 0 Å². The van der Waals surface area contributed by atoms with Crippen LogP contribution in [-0.2, 0) is 6.42 Å². The van der Waals surface area contributed by atoms with Crippen LogP contribution in [0, 0.1) is 17.3 Å². The van der Waals surface area contributed by atoms with E-state index < -0.39 is 0 Å². The number of aliphatic hydroxyl groups is 1. The molecule has 0 heterocycles. The summed E-state index contributed by atoms with van der Waals surface area (Å²) in [5.74, 6) is 1.87. The molecule has 0 radical (unpaired) electrons. The van der Waals surface area contributed by atoms with Crippen LogP contribution in [0.25, 0.3) is 6.08 Å². The molecule has 3 aliphatic carbocycles. The van der Waals surface area contributed by atoms with Crippen molar-refractivity contribution in [1.29, 1.82) is 0 Å². The van der Waals surface area contributed by atoms with Crippen LogP contribution < -0.4 is 5.43 Å². The van der Waals surface area contributed by atoms with Crippen LogP contribution in [0.15, 0.2) is 29.6 Å². The Morgan fingerprint density at radius 1 is 1.26 bits per heavy atom. The van der Waals surface area contributed by atoms with Gasteiger partial charge in [0.15, 0.2) is 5.43 Å². The predicted molar refractivity (Wildman–Crippen MR) is 93.4 cm³/mol. The Labute approximate surface area is 138 Å². The largest absolute Gasteiger partial charge is 0.393 e. The van der Waals surface area contributed by atoms with Gasteiger partial charge in [0.2, 0.25) is 0 Å². The van der Waals surface area contributed by atoms with Gasteiger partial charge in [-0.15, -0.1) is 0 Å². The van der Waals surface area contributed by atoms with Crippen molar-refractivity contribution < 1.29 is 5.11 Å². The summed E-state index contributed by atoms with van der Waals surface area (Å²) in [6.07, 6.45) is 8.08. The number of fused-ring (bicyclic) bond motifs is 5. The minimum Gasteiger partial charge on any atom is -0.393 e. The first-order chi connectivity index (χ1) is 11.0. The van der Waals surface area contributed by atoms with Crippen LogP contribution in [-0.4, -0.2) is 11.2 Å². The van der Waals surface area contributed by atoms with Crippen LogP contribution in [0.1, 0.15) is 61.6 Å². The van der Waals surface area contributed by atoms with E-state index in [0.717, 1.165) is 38.5 Å². The maximum absolute atomic E-state index is 12.3. The van der Waals surface area contributed by atoms with E-state index in [2.05, 4.69) is 19.6 Å². The molecule has 1 N–H and O–H groups in total. The summed E-state index contributed by atoms with van der Waals surface area (Å²) in [5, 5.41) is 10.5. The Hall–Kier alpha value is -1.41. The van der Waals surface area contributed by atoms with Crippen molar-refractivity contribution in [1.82, 2.24) is 0 Å². The number of aryl methyl sites for hydroxylation is 1. The lowest BCUT2D eigenvalue weighted by Crippen LogP contribution is -2.43. The Balaban J connectivity index is 1.77. The molecule has 0 aromatic heterocycles. The van der Waals surface area contributed by atoms with Crippen LogP contribution in [0.5, 0.6) is 0 Å². The molecular formula is C21H26O2. The lowest BCUT2D eigenvalue weighted by molar-refractivity contribution is -0.0225. The molecular weight excluding hydrogens is 284 g/mol. The van der Waals surface area contributed by atoms with Gasteiger partial charge in [-0.05, 0) is 78.9 Å². The lowest BCUT2D eigenvalue weighted by atomic mass is 9.55. The first-order valence-electron chi connectivity index (χ1n) is 9.02. The van der Waals surface area contributed by atoms with Crippen molar-refractivity contribution in [2.45, 2.75) is 57.5 Å². The van der Waals surface area contributed by atoms with E-state index >= 15 is 0 Å². The van der Waals surface area contributed by atoms with Crippen molar-refractivity contribution in [3.8, 4) is 0 Å². The molecule has 2 nitrogen and oxygen atoms in total. The summed E-state index contributed by atoms with van der Waals surface area (Å²) in [4.78, 5) is 12.3. The molecule has 0 saturated heterocycles. The van der Waals surface area contributed by atoms with Gasteiger partial charge in [-0.2, -0.15) is 0 Å². The molecule has 5 atom stereocenters. The molecule has 3 aliphatic rings. The molecule has 0 aliphatic heterocycles. The maximum atomic E-state index is 12.3. The zero-order valence-corrected chi connectivity index (χ0v) is 13.9. The zero-order valence-electron chi connectivity index (χ0n) is 13.9. The number of rotatable bonds is 1. The molecule has 1 aromatic rings. The second kappa shape index (κ2) is 5.31. The van der Waals surface area contributed by atoms with Gasteiger partial charge in [-0.3, -0.25) is 4.79 Å². The van der Waals surface area contributed by atoms with Gasteiger partial charge < -0.3 is 5.11 Å². The predicted octanol–water partition coefficient (Wildman–Crippen LogP) is 3.91. The first-order valence-corrected chi connectivity index (χ1v) is 9.02. The molecule has 1 aromatic carbocycles. The van der Waals surface area contributed by atoms with E-state index in [1.807, 2.05) is 12.1 Å². The molecule has 0 bridgehead atoms. The highest BCUT2D eigenvalue weighted by molar-refractivity contribution is 5.48. The number of hydrogen-bond donors (Lipinski definition) is 1. The molecule has 2 saturated carbocycles. The van der Waals surface area contributed by atoms with Gasteiger partial charge in [0.05, 0.1) is 6.10 Å². The summed E-state index contributed by atoms with van der Waals surface area (Å²) in [6.45, 7) is 6.06. The van der Waals surface area contributed by atoms with E-state index in [0.29, 0.717) is 23.3 Å². The van der Waals surface area contributed by atoms with Crippen molar-refractivity contribution in [3.05, 3.63) is 51.7 Å². The number of hydrogen-bond acceptors (Lipinski definition) is 2. The SMILES string of the molecule is C=Cc1ccc2c(cc1=O)CC[C@@H]1[C@@H]2CC[C@]2(C)[C@@H](O)CC[C@@H]12. The van der Waals surface area contributed by atoms with Crippen LogP contribution in [0.2, 0.25) is 0 Å².